The molecule has 0 bridgehead atoms. The lowest BCUT2D eigenvalue weighted by Crippen LogP contribution is -2.39. The van der Waals surface area contributed by atoms with Crippen LogP contribution in [-0.2, 0) is 20.8 Å². The molecular weight excluding hydrogens is 318 g/mol. The summed E-state index contributed by atoms with van der Waals surface area (Å²) in [5.41, 5.74) is 2.05. The number of carbonyl (C=O) groups excluding carboxylic acids is 3. The Bertz CT molecular complexity index is 625. The molecule has 0 radical (unpaired) electrons. The van der Waals surface area contributed by atoms with Crippen LogP contribution in [0.1, 0.15) is 32.8 Å². The molecule has 1 heterocycles. The highest BCUT2D eigenvalue weighted by atomic mass is 16.2. The first-order valence-corrected chi connectivity index (χ1v) is 8.87. The second-order valence-electron chi connectivity index (χ2n) is 6.66. The number of hydrogen-bond acceptors (Lipinski definition) is 3. The van der Waals surface area contributed by atoms with Gasteiger partial charge >= 0.3 is 0 Å². The molecule has 1 aliphatic heterocycles. The zero-order chi connectivity index (χ0) is 18.4. The molecule has 0 saturated carbocycles. The number of aryl methyl sites for hydroxylation is 1. The van der Waals surface area contributed by atoms with Crippen LogP contribution < -0.4 is 15.5 Å². The Morgan fingerprint density at radius 1 is 1.16 bits per heavy atom. The van der Waals surface area contributed by atoms with Crippen molar-refractivity contribution in [2.75, 3.05) is 24.5 Å². The monoisotopic (exact) mass is 345 g/mol. The van der Waals surface area contributed by atoms with Crippen molar-refractivity contribution in [2.45, 2.75) is 33.6 Å². The van der Waals surface area contributed by atoms with Crippen LogP contribution in [-0.4, -0.2) is 37.4 Å². The predicted molar refractivity (Wildman–Crippen MR) is 97.1 cm³/mol. The van der Waals surface area contributed by atoms with Crippen LogP contribution in [0.25, 0.3) is 0 Å². The van der Waals surface area contributed by atoms with E-state index in [1.54, 1.807) is 4.90 Å². The number of amides is 3. The molecule has 25 heavy (non-hydrogen) atoms. The predicted octanol–water partition coefficient (Wildman–Crippen LogP) is 1.49. The SMILES string of the molecule is CCc1ccc(N2CC(C(=O)NCCNC(=O)C(C)C)CC2=O)cc1. The Balaban J connectivity index is 1.82. The zero-order valence-corrected chi connectivity index (χ0v) is 15.2. The topological polar surface area (TPSA) is 78.5 Å². The molecule has 1 unspecified atom stereocenters. The minimum atomic E-state index is -0.348. The van der Waals surface area contributed by atoms with E-state index in [1.807, 2.05) is 38.1 Å². The van der Waals surface area contributed by atoms with Gasteiger partial charge in [-0.15, -0.1) is 0 Å². The maximum atomic E-state index is 12.2. The molecule has 0 aliphatic carbocycles. The van der Waals surface area contributed by atoms with Crippen molar-refractivity contribution < 1.29 is 14.4 Å². The van der Waals surface area contributed by atoms with Gasteiger partial charge in [0.1, 0.15) is 0 Å². The molecular formula is C19H27N3O3. The van der Waals surface area contributed by atoms with Crippen molar-refractivity contribution in [3.63, 3.8) is 0 Å². The average molecular weight is 345 g/mol. The lowest BCUT2D eigenvalue weighted by molar-refractivity contribution is -0.126. The normalized spacial score (nSPS) is 17.0. The second kappa shape index (κ2) is 8.65. The fourth-order valence-corrected chi connectivity index (χ4v) is 2.76. The third-order valence-electron chi connectivity index (χ3n) is 4.40. The van der Waals surface area contributed by atoms with Gasteiger partial charge in [-0.25, -0.2) is 0 Å². The van der Waals surface area contributed by atoms with Crippen LogP contribution in [0.3, 0.4) is 0 Å². The first-order valence-electron chi connectivity index (χ1n) is 8.87. The first kappa shape index (κ1) is 19.0. The van der Waals surface area contributed by atoms with Gasteiger partial charge in [-0.05, 0) is 24.1 Å². The Morgan fingerprint density at radius 3 is 2.40 bits per heavy atom. The lowest BCUT2D eigenvalue weighted by Gasteiger charge is -2.17. The van der Waals surface area contributed by atoms with E-state index in [0.717, 1.165) is 12.1 Å². The summed E-state index contributed by atoms with van der Waals surface area (Å²) in [7, 11) is 0. The molecule has 1 aliphatic rings. The highest BCUT2D eigenvalue weighted by Gasteiger charge is 2.34. The molecule has 1 saturated heterocycles. The molecule has 2 rings (SSSR count). The van der Waals surface area contributed by atoms with Gasteiger partial charge in [0.05, 0.1) is 5.92 Å². The van der Waals surface area contributed by atoms with Gasteiger partial charge in [0.25, 0.3) is 0 Å². The zero-order valence-electron chi connectivity index (χ0n) is 15.2. The van der Waals surface area contributed by atoms with Crippen molar-refractivity contribution in [3.8, 4) is 0 Å². The Morgan fingerprint density at radius 2 is 1.80 bits per heavy atom. The van der Waals surface area contributed by atoms with Gasteiger partial charge in [-0.2, -0.15) is 0 Å². The average Bonchev–Trinajstić information content (AvgIpc) is 3.00. The highest BCUT2D eigenvalue weighted by Crippen LogP contribution is 2.25. The minimum absolute atomic E-state index is 0.0301. The number of hydrogen-bond donors (Lipinski definition) is 2. The summed E-state index contributed by atoms with van der Waals surface area (Å²) in [6.07, 6.45) is 1.17. The van der Waals surface area contributed by atoms with E-state index in [4.69, 9.17) is 0 Å². The number of nitrogens with zero attached hydrogens (tertiary/aromatic N) is 1. The Hall–Kier alpha value is -2.37. The van der Waals surface area contributed by atoms with Crippen LogP contribution in [0.2, 0.25) is 0 Å². The van der Waals surface area contributed by atoms with Crippen molar-refractivity contribution in [1.29, 1.82) is 0 Å². The van der Waals surface area contributed by atoms with Gasteiger partial charge in [-0.3, -0.25) is 14.4 Å². The van der Waals surface area contributed by atoms with Crippen LogP contribution in [0.15, 0.2) is 24.3 Å². The Labute approximate surface area is 149 Å². The summed E-state index contributed by atoms with van der Waals surface area (Å²) in [4.78, 5) is 37.6. The van der Waals surface area contributed by atoms with Gasteiger partial charge < -0.3 is 15.5 Å². The molecule has 2 N–H and O–H groups in total. The summed E-state index contributed by atoms with van der Waals surface area (Å²) in [6.45, 7) is 6.88. The molecule has 6 nitrogen and oxygen atoms in total. The molecule has 6 heteroatoms. The quantitative estimate of drug-likeness (QED) is 0.735. The molecule has 1 fully saturated rings. The third kappa shape index (κ3) is 5.05. The molecule has 1 aromatic carbocycles. The fourth-order valence-electron chi connectivity index (χ4n) is 2.76. The number of benzene rings is 1. The summed E-state index contributed by atoms with van der Waals surface area (Å²) < 4.78 is 0. The molecule has 0 spiro atoms. The van der Waals surface area contributed by atoms with Crippen molar-refractivity contribution >= 4 is 23.4 Å². The molecule has 136 valence electrons. The largest absolute Gasteiger partial charge is 0.354 e. The molecule has 1 atom stereocenters. The van der Waals surface area contributed by atoms with Crippen molar-refractivity contribution in [2.24, 2.45) is 11.8 Å². The van der Waals surface area contributed by atoms with Gasteiger partial charge in [0, 0.05) is 37.7 Å². The molecule has 1 aromatic rings. The summed E-state index contributed by atoms with van der Waals surface area (Å²) in [5, 5.41) is 5.55. The number of carbonyl (C=O) groups is 3. The van der Waals surface area contributed by atoms with Crippen LogP contribution in [0.5, 0.6) is 0 Å². The summed E-state index contributed by atoms with van der Waals surface area (Å²) >= 11 is 0. The van der Waals surface area contributed by atoms with Crippen molar-refractivity contribution in [3.05, 3.63) is 29.8 Å². The second-order valence-corrected chi connectivity index (χ2v) is 6.66. The lowest BCUT2D eigenvalue weighted by atomic mass is 10.1. The van der Waals surface area contributed by atoms with E-state index in [1.165, 1.54) is 5.56 Å². The third-order valence-corrected chi connectivity index (χ3v) is 4.40. The van der Waals surface area contributed by atoms with Crippen LogP contribution >= 0.6 is 0 Å². The van der Waals surface area contributed by atoms with E-state index in [2.05, 4.69) is 17.6 Å². The van der Waals surface area contributed by atoms with E-state index in [-0.39, 0.29) is 36.0 Å². The first-order chi connectivity index (χ1) is 11.9. The van der Waals surface area contributed by atoms with Crippen molar-refractivity contribution in [1.82, 2.24) is 10.6 Å². The number of rotatable bonds is 7. The van der Waals surface area contributed by atoms with Crippen LogP contribution in [0, 0.1) is 11.8 Å². The standard InChI is InChI=1S/C19H27N3O3/c1-4-14-5-7-16(8-6-14)22-12-15(11-17(22)23)19(25)21-10-9-20-18(24)13(2)3/h5-8,13,15H,4,9-12H2,1-3H3,(H,20,24)(H,21,25). The van der Waals surface area contributed by atoms with E-state index < -0.39 is 0 Å². The number of anilines is 1. The highest BCUT2D eigenvalue weighted by molar-refractivity contribution is 6.00. The smallest absolute Gasteiger partial charge is 0.227 e. The minimum Gasteiger partial charge on any atom is -0.354 e. The summed E-state index contributed by atoms with van der Waals surface area (Å²) in [6, 6.07) is 7.87. The molecule has 0 aromatic heterocycles. The summed E-state index contributed by atoms with van der Waals surface area (Å²) in [5.74, 6) is -0.626. The van der Waals surface area contributed by atoms with E-state index in [9.17, 15) is 14.4 Å². The van der Waals surface area contributed by atoms with E-state index in [0.29, 0.717) is 19.6 Å². The maximum absolute atomic E-state index is 12.2. The van der Waals surface area contributed by atoms with Gasteiger partial charge in [-0.1, -0.05) is 32.9 Å². The Kier molecular flexibility index (Phi) is 6.56. The maximum Gasteiger partial charge on any atom is 0.227 e. The van der Waals surface area contributed by atoms with E-state index >= 15 is 0 Å². The van der Waals surface area contributed by atoms with Gasteiger partial charge in [0.2, 0.25) is 17.7 Å². The fraction of sp³-hybridized carbons (Fsp3) is 0.526. The molecule has 3 amide bonds. The van der Waals surface area contributed by atoms with Gasteiger partial charge in [0.15, 0.2) is 0 Å². The number of nitrogens with one attached hydrogen (secondary N) is 2. The van der Waals surface area contributed by atoms with Crippen LogP contribution in [0.4, 0.5) is 5.69 Å².